The van der Waals surface area contributed by atoms with Crippen LogP contribution in [0.25, 0.3) is 0 Å². The molecule has 66 valence electrons. The van der Waals surface area contributed by atoms with Gasteiger partial charge in [0.05, 0.1) is 11.7 Å². The Morgan fingerprint density at radius 3 is 2.69 bits per heavy atom. The Balaban J connectivity index is 2.14. The van der Waals surface area contributed by atoms with Crippen LogP contribution in [0.4, 0.5) is 0 Å². The van der Waals surface area contributed by atoms with Crippen molar-refractivity contribution in [2.45, 2.75) is 25.4 Å². The van der Waals surface area contributed by atoms with Crippen LogP contribution >= 0.6 is 0 Å². The third kappa shape index (κ3) is 1.65. The SMILES string of the molecule is N#Cc1ccccc1OC1CCC1. The van der Waals surface area contributed by atoms with Gasteiger partial charge in [-0.25, -0.2) is 0 Å². The molecule has 13 heavy (non-hydrogen) atoms. The van der Waals surface area contributed by atoms with Crippen LogP contribution in [-0.2, 0) is 0 Å². The summed E-state index contributed by atoms with van der Waals surface area (Å²) in [7, 11) is 0. The van der Waals surface area contributed by atoms with Crippen molar-refractivity contribution in [2.75, 3.05) is 0 Å². The van der Waals surface area contributed by atoms with Crippen molar-refractivity contribution in [3.8, 4) is 11.8 Å². The summed E-state index contributed by atoms with van der Waals surface area (Å²) in [5, 5.41) is 8.79. The van der Waals surface area contributed by atoms with Crippen LogP contribution in [0, 0.1) is 11.3 Å². The van der Waals surface area contributed by atoms with Crippen LogP contribution in [0.1, 0.15) is 24.8 Å². The molecule has 1 aliphatic rings. The summed E-state index contributed by atoms with van der Waals surface area (Å²) in [6, 6.07) is 9.52. The van der Waals surface area contributed by atoms with Gasteiger partial charge in [0, 0.05) is 0 Å². The van der Waals surface area contributed by atoms with E-state index in [4.69, 9.17) is 10.00 Å². The number of hydrogen-bond donors (Lipinski definition) is 0. The Hall–Kier alpha value is -1.49. The van der Waals surface area contributed by atoms with Gasteiger partial charge in [-0.05, 0) is 31.4 Å². The Morgan fingerprint density at radius 2 is 2.08 bits per heavy atom. The number of hydrogen-bond acceptors (Lipinski definition) is 2. The Kier molecular flexibility index (Phi) is 2.18. The van der Waals surface area contributed by atoms with E-state index in [9.17, 15) is 0 Å². The molecule has 0 spiro atoms. The van der Waals surface area contributed by atoms with Crippen molar-refractivity contribution in [3.05, 3.63) is 29.8 Å². The van der Waals surface area contributed by atoms with Gasteiger partial charge >= 0.3 is 0 Å². The maximum Gasteiger partial charge on any atom is 0.137 e. The quantitative estimate of drug-likeness (QED) is 0.688. The highest BCUT2D eigenvalue weighted by Gasteiger charge is 2.19. The third-order valence-electron chi connectivity index (χ3n) is 2.35. The Bertz CT molecular complexity index is 336. The number of para-hydroxylation sites is 1. The normalized spacial score (nSPS) is 15.9. The van der Waals surface area contributed by atoms with E-state index >= 15 is 0 Å². The Morgan fingerprint density at radius 1 is 1.31 bits per heavy atom. The number of ether oxygens (including phenoxy) is 1. The van der Waals surface area contributed by atoms with E-state index in [1.54, 1.807) is 6.07 Å². The van der Waals surface area contributed by atoms with E-state index in [0.717, 1.165) is 18.6 Å². The molecule has 0 aliphatic heterocycles. The zero-order valence-corrected chi connectivity index (χ0v) is 7.36. The molecule has 0 unspecified atom stereocenters. The molecule has 0 N–H and O–H groups in total. The lowest BCUT2D eigenvalue weighted by molar-refractivity contribution is 0.120. The fourth-order valence-corrected chi connectivity index (χ4v) is 1.33. The van der Waals surface area contributed by atoms with Gasteiger partial charge in [0.1, 0.15) is 11.8 Å². The first kappa shape index (κ1) is 8.12. The summed E-state index contributed by atoms with van der Waals surface area (Å²) in [5.41, 5.74) is 0.634. The Labute approximate surface area is 77.8 Å². The fourth-order valence-electron chi connectivity index (χ4n) is 1.33. The number of rotatable bonds is 2. The second-order valence-corrected chi connectivity index (χ2v) is 3.28. The minimum absolute atomic E-state index is 0.342. The lowest BCUT2D eigenvalue weighted by Gasteiger charge is -2.26. The standard InChI is InChI=1S/C11H11NO/c12-8-9-4-1-2-7-11(9)13-10-5-3-6-10/h1-2,4,7,10H,3,5-6H2. The van der Waals surface area contributed by atoms with Gasteiger partial charge in [-0.1, -0.05) is 12.1 Å². The minimum Gasteiger partial charge on any atom is -0.489 e. The zero-order valence-electron chi connectivity index (χ0n) is 7.36. The van der Waals surface area contributed by atoms with E-state index in [1.165, 1.54) is 6.42 Å². The van der Waals surface area contributed by atoms with Crippen molar-refractivity contribution < 1.29 is 4.74 Å². The lowest BCUT2D eigenvalue weighted by atomic mass is 9.96. The summed E-state index contributed by atoms with van der Waals surface area (Å²) in [6.45, 7) is 0. The average molecular weight is 173 g/mol. The van der Waals surface area contributed by atoms with E-state index in [-0.39, 0.29) is 0 Å². The van der Waals surface area contributed by atoms with Gasteiger partial charge < -0.3 is 4.74 Å². The van der Waals surface area contributed by atoms with E-state index in [2.05, 4.69) is 6.07 Å². The molecule has 1 aromatic rings. The maximum absolute atomic E-state index is 8.79. The minimum atomic E-state index is 0.342. The second-order valence-electron chi connectivity index (χ2n) is 3.28. The van der Waals surface area contributed by atoms with E-state index < -0.39 is 0 Å². The molecular formula is C11H11NO. The highest BCUT2D eigenvalue weighted by atomic mass is 16.5. The number of nitrogens with zero attached hydrogens (tertiary/aromatic N) is 1. The molecule has 1 aromatic carbocycles. The molecule has 2 nitrogen and oxygen atoms in total. The highest BCUT2D eigenvalue weighted by Crippen LogP contribution is 2.26. The molecule has 1 fully saturated rings. The molecule has 2 heteroatoms. The first-order valence-electron chi connectivity index (χ1n) is 4.56. The average Bonchev–Trinajstić information content (AvgIpc) is 2.12. The predicted octanol–water partition coefficient (Wildman–Crippen LogP) is 2.49. The summed E-state index contributed by atoms with van der Waals surface area (Å²) in [5.74, 6) is 0.731. The van der Waals surface area contributed by atoms with Gasteiger partial charge in [0.25, 0.3) is 0 Å². The summed E-state index contributed by atoms with van der Waals surface area (Å²) in [4.78, 5) is 0. The highest BCUT2D eigenvalue weighted by molar-refractivity contribution is 5.42. The second kappa shape index (κ2) is 3.49. The van der Waals surface area contributed by atoms with Crippen molar-refractivity contribution in [1.29, 1.82) is 5.26 Å². The monoisotopic (exact) mass is 173 g/mol. The largest absolute Gasteiger partial charge is 0.489 e. The van der Waals surface area contributed by atoms with Crippen LogP contribution in [0.3, 0.4) is 0 Å². The topological polar surface area (TPSA) is 33.0 Å². The van der Waals surface area contributed by atoms with E-state index in [0.29, 0.717) is 11.7 Å². The molecule has 2 rings (SSSR count). The molecule has 0 atom stereocenters. The molecule has 0 amide bonds. The first-order valence-corrected chi connectivity index (χ1v) is 4.56. The molecule has 0 heterocycles. The van der Waals surface area contributed by atoms with Gasteiger partial charge in [-0.3, -0.25) is 0 Å². The third-order valence-corrected chi connectivity index (χ3v) is 2.35. The van der Waals surface area contributed by atoms with Crippen molar-refractivity contribution in [2.24, 2.45) is 0 Å². The van der Waals surface area contributed by atoms with Gasteiger partial charge in [-0.15, -0.1) is 0 Å². The van der Waals surface area contributed by atoms with Crippen molar-refractivity contribution in [1.82, 2.24) is 0 Å². The molecule has 1 aliphatic carbocycles. The molecule has 1 saturated carbocycles. The van der Waals surface area contributed by atoms with Crippen LogP contribution in [0.5, 0.6) is 5.75 Å². The van der Waals surface area contributed by atoms with Crippen LogP contribution in [-0.4, -0.2) is 6.10 Å². The van der Waals surface area contributed by atoms with Crippen LogP contribution in [0.15, 0.2) is 24.3 Å². The van der Waals surface area contributed by atoms with Crippen LogP contribution < -0.4 is 4.74 Å². The van der Waals surface area contributed by atoms with Crippen LogP contribution in [0.2, 0.25) is 0 Å². The van der Waals surface area contributed by atoms with E-state index in [1.807, 2.05) is 18.2 Å². The summed E-state index contributed by atoms with van der Waals surface area (Å²) >= 11 is 0. The molecule has 0 bridgehead atoms. The zero-order chi connectivity index (χ0) is 9.10. The molecule has 0 aromatic heterocycles. The molecular weight excluding hydrogens is 162 g/mol. The lowest BCUT2D eigenvalue weighted by Crippen LogP contribution is -2.24. The summed E-state index contributed by atoms with van der Waals surface area (Å²) < 4.78 is 5.65. The fraction of sp³-hybridized carbons (Fsp3) is 0.364. The molecule has 0 radical (unpaired) electrons. The summed E-state index contributed by atoms with van der Waals surface area (Å²) in [6.07, 6.45) is 3.84. The number of benzene rings is 1. The van der Waals surface area contributed by atoms with Crippen molar-refractivity contribution in [3.63, 3.8) is 0 Å². The van der Waals surface area contributed by atoms with Gasteiger partial charge in [0.15, 0.2) is 0 Å². The van der Waals surface area contributed by atoms with Gasteiger partial charge in [-0.2, -0.15) is 5.26 Å². The maximum atomic E-state index is 8.79. The smallest absolute Gasteiger partial charge is 0.137 e. The van der Waals surface area contributed by atoms with Gasteiger partial charge in [0.2, 0.25) is 0 Å². The van der Waals surface area contributed by atoms with Crippen molar-refractivity contribution >= 4 is 0 Å². The first-order chi connectivity index (χ1) is 6.40. The number of nitriles is 1. The predicted molar refractivity (Wildman–Crippen MR) is 49.4 cm³/mol. The molecule has 0 saturated heterocycles.